The van der Waals surface area contributed by atoms with Gasteiger partial charge in [0.1, 0.15) is 11.9 Å². The van der Waals surface area contributed by atoms with Crippen molar-refractivity contribution >= 4 is 11.7 Å². The molecule has 0 aliphatic carbocycles. The third kappa shape index (κ3) is 3.98. The molecule has 0 radical (unpaired) electrons. The van der Waals surface area contributed by atoms with Crippen LogP contribution in [0.3, 0.4) is 0 Å². The molecule has 2 amide bonds. The number of carbonyl (C=O) groups excluding carboxylic acids is 1. The van der Waals surface area contributed by atoms with E-state index in [9.17, 15) is 22.4 Å². The first-order valence-corrected chi connectivity index (χ1v) is 9.27. The molecule has 0 unspecified atom stereocenters. The minimum Gasteiger partial charge on any atom is -0.311 e. The van der Waals surface area contributed by atoms with E-state index in [-0.39, 0.29) is 0 Å². The number of hydrogen-bond acceptors (Lipinski definition) is 2. The van der Waals surface area contributed by atoms with Gasteiger partial charge in [-0.25, -0.2) is 9.18 Å². The molecule has 2 heterocycles. The Labute approximate surface area is 170 Å². The van der Waals surface area contributed by atoms with Gasteiger partial charge in [-0.15, -0.1) is 0 Å². The van der Waals surface area contributed by atoms with Gasteiger partial charge in [0.25, 0.3) is 0 Å². The molecule has 1 aromatic heterocycles. The maximum absolute atomic E-state index is 13.1. The Hall–Kier alpha value is -3.42. The van der Waals surface area contributed by atoms with Crippen LogP contribution in [0.1, 0.15) is 28.4 Å². The van der Waals surface area contributed by atoms with Crippen LogP contribution in [0.15, 0.2) is 66.9 Å². The number of anilines is 1. The average molecular weight is 415 g/mol. The number of amides is 2. The number of carbonyl (C=O) groups is 1. The fourth-order valence-corrected chi connectivity index (χ4v) is 3.57. The van der Waals surface area contributed by atoms with Crippen LogP contribution in [0.5, 0.6) is 0 Å². The maximum Gasteiger partial charge on any atom is 0.416 e. The van der Waals surface area contributed by atoms with Crippen molar-refractivity contribution in [1.29, 1.82) is 0 Å². The Morgan fingerprint density at radius 2 is 1.73 bits per heavy atom. The van der Waals surface area contributed by atoms with Crippen LogP contribution in [-0.2, 0) is 12.6 Å². The Morgan fingerprint density at radius 1 is 1.03 bits per heavy atom. The molecular formula is C22H17F4N3O. The third-order valence-corrected chi connectivity index (χ3v) is 5.03. The van der Waals surface area contributed by atoms with Crippen LogP contribution >= 0.6 is 0 Å². The minimum absolute atomic E-state index is 0.359. The molecule has 0 spiro atoms. The molecule has 0 saturated carbocycles. The number of nitrogens with zero attached hydrogens (tertiary/aromatic N) is 2. The first-order chi connectivity index (χ1) is 14.3. The summed E-state index contributed by atoms with van der Waals surface area (Å²) in [5, 5.41) is 2.72. The number of halogens is 4. The predicted molar refractivity (Wildman–Crippen MR) is 103 cm³/mol. The van der Waals surface area contributed by atoms with Crippen molar-refractivity contribution in [2.75, 3.05) is 11.9 Å². The van der Waals surface area contributed by atoms with Crippen LogP contribution in [0.25, 0.3) is 0 Å². The first kappa shape index (κ1) is 19.9. The third-order valence-electron chi connectivity index (χ3n) is 5.03. The Balaban J connectivity index is 1.68. The highest BCUT2D eigenvalue weighted by Gasteiger charge is 2.35. The van der Waals surface area contributed by atoms with Crippen LogP contribution in [0.2, 0.25) is 0 Å². The van der Waals surface area contributed by atoms with Gasteiger partial charge in [0, 0.05) is 18.4 Å². The van der Waals surface area contributed by atoms with E-state index in [1.165, 1.54) is 41.3 Å². The molecule has 1 aliphatic heterocycles. The Kier molecular flexibility index (Phi) is 5.15. The molecule has 1 aliphatic rings. The molecule has 0 bridgehead atoms. The molecule has 1 atom stereocenters. The molecule has 3 aromatic rings. The average Bonchev–Trinajstić information content (AvgIpc) is 2.74. The fraction of sp³-hybridized carbons (Fsp3) is 0.182. The van der Waals surface area contributed by atoms with Gasteiger partial charge in [0.2, 0.25) is 0 Å². The summed E-state index contributed by atoms with van der Waals surface area (Å²) in [4.78, 5) is 18.9. The summed E-state index contributed by atoms with van der Waals surface area (Å²) in [7, 11) is 0. The van der Waals surface area contributed by atoms with Gasteiger partial charge in [-0.3, -0.25) is 4.98 Å². The summed E-state index contributed by atoms with van der Waals surface area (Å²) in [6.45, 7) is 0.359. The van der Waals surface area contributed by atoms with Gasteiger partial charge in [0.15, 0.2) is 0 Å². The van der Waals surface area contributed by atoms with E-state index in [4.69, 9.17) is 0 Å². The predicted octanol–water partition coefficient (Wildman–Crippen LogP) is 5.42. The van der Waals surface area contributed by atoms with E-state index in [1.807, 2.05) is 6.07 Å². The molecule has 8 heteroatoms. The zero-order chi connectivity index (χ0) is 21.3. The monoisotopic (exact) mass is 415 g/mol. The second-order valence-corrected chi connectivity index (χ2v) is 6.95. The second kappa shape index (κ2) is 7.78. The molecule has 30 heavy (non-hydrogen) atoms. The molecule has 0 fully saturated rings. The standard InChI is InChI=1S/C22H17F4N3O/c23-17-7-9-18(10-8-17)28-21(30)29-13-11-14-2-1-12-27-19(14)20(29)15-3-5-16(6-4-15)22(24,25)26/h1-10,12,20H,11,13H2,(H,28,30)/t20-/m0/s1. The van der Waals surface area contributed by atoms with Gasteiger partial charge in [0.05, 0.1) is 11.3 Å². The number of rotatable bonds is 2. The number of pyridine rings is 1. The van der Waals surface area contributed by atoms with Crippen LogP contribution in [0, 0.1) is 5.82 Å². The van der Waals surface area contributed by atoms with Crippen LogP contribution in [0.4, 0.5) is 28.0 Å². The summed E-state index contributed by atoms with van der Waals surface area (Å²) in [5.41, 5.74) is 1.74. The number of hydrogen-bond donors (Lipinski definition) is 1. The van der Waals surface area contributed by atoms with E-state index in [0.717, 1.165) is 17.7 Å². The van der Waals surface area contributed by atoms with Crippen molar-refractivity contribution in [3.8, 4) is 0 Å². The maximum atomic E-state index is 13.1. The van der Waals surface area contributed by atoms with Crippen molar-refractivity contribution in [1.82, 2.24) is 9.88 Å². The number of aromatic nitrogens is 1. The normalized spacial score (nSPS) is 16.1. The van der Waals surface area contributed by atoms with Crippen molar-refractivity contribution < 1.29 is 22.4 Å². The molecule has 154 valence electrons. The van der Waals surface area contributed by atoms with Gasteiger partial charge in [-0.2, -0.15) is 13.2 Å². The van der Waals surface area contributed by atoms with E-state index in [1.54, 1.807) is 12.3 Å². The fourth-order valence-electron chi connectivity index (χ4n) is 3.57. The highest BCUT2D eigenvalue weighted by atomic mass is 19.4. The van der Waals surface area contributed by atoms with Crippen LogP contribution < -0.4 is 5.32 Å². The van der Waals surface area contributed by atoms with Crippen molar-refractivity contribution in [3.05, 3.63) is 95.1 Å². The summed E-state index contributed by atoms with van der Waals surface area (Å²) in [6, 6.07) is 12.7. The highest BCUT2D eigenvalue weighted by Crippen LogP contribution is 2.36. The van der Waals surface area contributed by atoms with Crippen molar-refractivity contribution in [3.63, 3.8) is 0 Å². The molecule has 4 nitrogen and oxygen atoms in total. The lowest BCUT2D eigenvalue weighted by Gasteiger charge is -2.36. The second-order valence-electron chi connectivity index (χ2n) is 6.95. The number of alkyl halides is 3. The quantitative estimate of drug-likeness (QED) is 0.568. The lowest BCUT2D eigenvalue weighted by Crippen LogP contribution is -2.43. The molecule has 0 saturated heterocycles. The summed E-state index contributed by atoms with van der Waals surface area (Å²) < 4.78 is 52.0. The van der Waals surface area contributed by atoms with E-state index < -0.39 is 29.6 Å². The van der Waals surface area contributed by atoms with E-state index in [2.05, 4.69) is 10.3 Å². The SMILES string of the molecule is O=C(Nc1ccc(F)cc1)N1CCc2cccnc2[C@@H]1c1ccc(C(F)(F)F)cc1. The summed E-state index contributed by atoms with van der Waals surface area (Å²) in [5.74, 6) is -0.424. The summed E-state index contributed by atoms with van der Waals surface area (Å²) >= 11 is 0. The van der Waals surface area contributed by atoms with Gasteiger partial charge in [-0.05, 0) is 60.0 Å². The van der Waals surface area contributed by atoms with Gasteiger partial charge >= 0.3 is 12.2 Å². The zero-order valence-electron chi connectivity index (χ0n) is 15.7. The molecule has 2 aromatic carbocycles. The van der Waals surface area contributed by atoms with Crippen molar-refractivity contribution in [2.24, 2.45) is 0 Å². The lowest BCUT2D eigenvalue weighted by molar-refractivity contribution is -0.137. The molecule has 1 N–H and O–H groups in total. The Morgan fingerprint density at radius 3 is 2.40 bits per heavy atom. The van der Waals surface area contributed by atoms with E-state index in [0.29, 0.717) is 29.9 Å². The first-order valence-electron chi connectivity index (χ1n) is 9.27. The van der Waals surface area contributed by atoms with Crippen molar-refractivity contribution in [2.45, 2.75) is 18.6 Å². The molecule has 4 rings (SSSR count). The smallest absolute Gasteiger partial charge is 0.311 e. The van der Waals surface area contributed by atoms with E-state index >= 15 is 0 Å². The number of urea groups is 1. The van der Waals surface area contributed by atoms with Crippen LogP contribution in [-0.4, -0.2) is 22.5 Å². The Bertz CT molecular complexity index is 1050. The van der Waals surface area contributed by atoms with Gasteiger partial charge in [-0.1, -0.05) is 18.2 Å². The van der Waals surface area contributed by atoms with Gasteiger partial charge < -0.3 is 10.2 Å². The lowest BCUT2D eigenvalue weighted by atomic mass is 9.92. The minimum atomic E-state index is -4.44. The number of benzene rings is 2. The topological polar surface area (TPSA) is 45.2 Å². The number of nitrogens with one attached hydrogen (secondary N) is 1. The summed E-state index contributed by atoms with van der Waals surface area (Å²) in [6.07, 6.45) is -2.28. The number of fused-ring (bicyclic) bond motifs is 1. The molecular weight excluding hydrogens is 398 g/mol. The zero-order valence-corrected chi connectivity index (χ0v) is 15.7. The largest absolute Gasteiger partial charge is 0.416 e. The highest BCUT2D eigenvalue weighted by molar-refractivity contribution is 5.90.